The molecule has 2 amide bonds. The van der Waals surface area contributed by atoms with E-state index in [0.717, 1.165) is 12.0 Å². The Hall–Kier alpha value is -2.68. The Kier molecular flexibility index (Phi) is 8.17. The minimum Gasteiger partial charge on any atom is -0.496 e. The molecule has 3 atom stereocenters. The van der Waals surface area contributed by atoms with Crippen molar-refractivity contribution < 1.29 is 22.7 Å². The number of rotatable bonds is 8. The second kappa shape index (κ2) is 11.2. The first-order chi connectivity index (χ1) is 17.3. The van der Waals surface area contributed by atoms with E-state index in [2.05, 4.69) is 11.4 Å². The number of benzene rings is 1. The third-order valence-electron chi connectivity index (χ3n) is 7.49. The molecule has 0 radical (unpaired) electrons. The van der Waals surface area contributed by atoms with Gasteiger partial charge in [-0.2, -0.15) is 22.3 Å². The molecule has 2 unspecified atom stereocenters. The maximum absolute atomic E-state index is 13.5. The van der Waals surface area contributed by atoms with E-state index in [1.165, 1.54) is 8.61 Å². The zero-order valence-corrected chi connectivity index (χ0v) is 21.7. The Morgan fingerprint density at radius 3 is 2.56 bits per heavy atom. The van der Waals surface area contributed by atoms with Crippen LogP contribution >= 0.6 is 0 Å². The molecule has 4 rings (SSSR count). The fourth-order valence-electron chi connectivity index (χ4n) is 5.38. The number of hydrogen-bond donors (Lipinski definition) is 1. The first-order valence-electron chi connectivity index (χ1n) is 12.7. The molecule has 0 saturated carbocycles. The molecule has 1 N–H and O–H groups in total. The van der Waals surface area contributed by atoms with Crippen molar-refractivity contribution in [1.82, 2.24) is 18.8 Å². The number of nitrogens with one attached hydrogen (secondary N) is 1. The summed E-state index contributed by atoms with van der Waals surface area (Å²) in [6.45, 7) is 3.35. The highest BCUT2D eigenvalue weighted by atomic mass is 32.2. The van der Waals surface area contributed by atoms with Gasteiger partial charge >= 0.3 is 0 Å². The van der Waals surface area contributed by atoms with E-state index in [0.29, 0.717) is 44.5 Å². The van der Waals surface area contributed by atoms with Crippen LogP contribution in [0.3, 0.4) is 0 Å². The zero-order chi connectivity index (χ0) is 25.9. The van der Waals surface area contributed by atoms with E-state index in [9.17, 15) is 18.0 Å². The molecular weight excluding hydrogens is 482 g/mol. The number of para-hydroxylation sites is 1. The van der Waals surface area contributed by atoms with Crippen molar-refractivity contribution in [2.75, 3.05) is 39.8 Å². The summed E-state index contributed by atoms with van der Waals surface area (Å²) < 4.78 is 34.1. The van der Waals surface area contributed by atoms with E-state index in [-0.39, 0.29) is 43.4 Å². The van der Waals surface area contributed by atoms with Gasteiger partial charge in [0.15, 0.2) is 0 Å². The molecular formula is C25H35N5O5S. The summed E-state index contributed by atoms with van der Waals surface area (Å²) >= 11 is 0. The highest BCUT2D eigenvalue weighted by molar-refractivity contribution is 7.86. The summed E-state index contributed by atoms with van der Waals surface area (Å²) in [5.74, 6) is -0.394. The van der Waals surface area contributed by atoms with Crippen LogP contribution in [-0.2, 0) is 19.8 Å². The molecule has 11 heteroatoms. The number of carbonyl (C=O) groups excluding carboxylic acids is 2. The molecule has 3 saturated heterocycles. The molecule has 1 aromatic rings. The average molecular weight is 518 g/mol. The lowest BCUT2D eigenvalue weighted by molar-refractivity contribution is -0.142. The second-order valence-corrected chi connectivity index (χ2v) is 11.7. The Morgan fingerprint density at radius 1 is 1.14 bits per heavy atom. The van der Waals surface area contributed by atoms with Crippen LogP contribution in [0, 0.1) is 23.2 Å². The Labute approximate surface area is 213 Å². The van der Waals surface area contributed by atoms with Crippen molar-refractivity contribution in [2.45, 2.75) is 51.1 Å². The van der Waals surface area contributed by atoms with Gasteiger partial charge in [0.25, 0.3) is 10.2 Å². The molecule has 36 heavy (non-hydrogen) atoms. The van der Waals surface area contributed by atoms with Crippen LogP contribution in [0.2, 0.25) is 0 Å². The highest BCUT2D eigenvalue weighted by Crippen LogP contribution is 2.31. The largest absolute Gasteiger partial charge is 0.496 e. The fourth-order valence-corrected chi connectivity index (χ4v) is 7.18. The standard InChI is InChI=1S/C25H35N5O5S/c1-3-21(20-9-4-5-11-23(20)35-2)27-24(31)22-10-7-13-30(22)25(32)19-8-6-12-28(17-19)36(33,34)29-15-18(14-26)16-29/h4-5,9,11,18-19,21-22H,3,6-8,10,12-13,15-17H2,1-2H3,(H,27,31)/t19?,21?,22-/m1/s1. The highest BCUT2D eigenvalue weighted by Gasteiger charge is 2.44. The molecule has 3 fully saturated rings. The number of likely N-dealkylation sites (tertiary alicyclic amines) is 1. The Morgan fingerprint density at radius 2 is 1.86 bits per heavy atom. The Balaban J connectivity index is 1.41. The van der Waals surface area contributed by atoms with E-state index in [1.54, 1.807) is 12.0 Å². The van der Waals surface area contributed by atoms with E-state index < -0.39 is 22.2 Å². The maximum Gasteiger partial charge on any atom is 0.282 e. The molecule has 3 aliphatic rings. The van der Waals surface area contributed by atoms with Gasteiger partial charge in [0, 0.05) is 38.3 Å². The molecule has 10 nitrogen and oxygen atoms in total. The third kappa shape index (κ3) is 5.21. The van der Waals surface area contributed by atoms with Crippen molar-refractivity contribution >= 4 is 22.0 Å². The summed E-state index contributed by atoms with van der Waals surface area (Å²) in [6.07, 6.45) is 3.16. The van der Waals surface area contributed by atoms with Crippen LogP contribution in [0.25, 0.3) is 0 Å². The van der Waals surface area contributed by atoms with Crippen molar-refractivity contribution in [1.29, 1.82) is 5.26 Å². The normalized spacial score (nSPS) is 24.5. The van der Waals surface area contributed by atoms with Gasteiger partial charge in [0.1, 0.15) is 11.8 Å². The van der Waals surface area contributed by atoms with Crippen LogP contribution in [0.5, 0.6) is 5.75 Å². The second-order valence-electron chi connectivity index (χ2n) is 9.75. The van der Waals surface area contributed by atoms with Crippen LogP contribution in [0.1, 0.15) is 50.6 Å². The van der Waals surface area contributed by atoms with Gasteiger partial charge in [-0.25, -0.2) is 0 Å². The van der Waals surface area contributed by atoms with Gasteiger partial charge in [0.05, 0.1) is 31.1 Å². The van der Waals surface area contributed by atoms with E-state index >= 15 is 0 Å². The predicted molar refractivity (Wildman–Crippen MR) is 133 cm³/mol. The van der Waals surface area contributed by atoms with Crippen LogP contribution in [0.15, 0.2) is 24.3 Å². The molecule has 3 aliphatic heterocycles. The van der Waals surface area contributed by atoms with Gasteiger partial charge in [0.2, 0.25) is 11.8 Å². The van der Waals surface area contributed by atoms with Crippen molar-refractivity contribution in [3.05, 3.63) is 29.8 Å². The SMILES string of the molecule is CCC(NC(=O)[C@H]1CCCN1C(=O)C1CCCN(S(=O)(=O)N2CC(C#N)C2)C1)c1ccccc1OC. The average Bonchev–Trinajstić information content (AvgIpc) is 3.36. The topological polar surface area (TPSA) is 123 Å². The van der Waals surface area contributed by atoms with Gasteiger partial charge in [-0.05, 0) is 38.2 Å². The van der Waals surface area contributed by atoms with Gasteiger partial charge in [-0.15, -0.1) is 0 Å². The molecule has 1 aromatic carbocycles. The van der Waals surface area contributed by atoms with Crippen molar-refractivity contribution in [3.8, 4) is 11.8 Å². The summed E-state index contributed by atoms with van der Waals surface area (Å²) in [4.78, 5) is 28.5. The smallest absolute Gasteiger partial charge is 0.282 e. The first-order valence-corrected chi connectivity index (χ1v) is 14.1. The van der Waals surface area contributed by atoms with Crippen LogP contribution in [0.4, 0.5) is 0 Å². The fraction of sp³-hybridized carbons (Fsp3) is 0.640. The van der Waals surface area contributed by atoms with E-state index in [1.807, 2.05) is 31.2 Å². The number of methoxy groups -OCH3 is 1. The number of hydrogen-bond acceptors (Lipinski definition) is 6. The predicted octanol–water partition coefficient (Wildman–Crippen LogP) is 1.67. The van der Waals surface area contributed by atoms with Crippen LogP contribution < -0.4 is 10.1 Å². The molecule has 0 aromatic heterocycles. The molecule has 0 bridgehead atoms. The number of amides is 2. The lowest BCUT2D eigenvalue weighted by Crippen LogP contribution is -2.57. The molecule has 0 spiro atoms. The molecule has 196 valence electrons. The zero-order valence-electron chi connectivity index (χ0n) is 20.9. The number of piperidine rings is 1. The first kappa shape index (κ1) is 26.4. The number of carbonyl (C=O) groups is 2. The lowest BCUT2D eigenvalue weighted by atomic mass is 9.97. The van der Waals surface area contributed by atoms with Crippen LogP contribution in [-0.4, -0.2) is 79.6 Å². The minimum absolute atomic E-state index is 0.110. The van der Waals surface area contributed by atoms with Gasteiger partial charge in [-0.3, -0.25) is 9.59 Å². The van der Waals surface area contributed by atoms with Gasteiger partial charge in [-0.1, -0.05) is 25.1 Å². The maximum atomic E-state index is 13.5. The number of nitrogens with zero attached hydrogens (tertiary/aromatic N) is 4. The molecule has 0 aliphatic carbocycles. The summed E-state index contributed by atoms with van der Waals surface area (Å²) in [5.41, 5.74) is 0.893. The summed E-state index contributed by atoms with van der Waals surface area (Å²) in [6, 6.07) is 8.85. The van der Waals surface area contributed by atoms with Crippen molar-refractivity contribution in [3.63, 3.8) is 0 Å². The van der Waals surface area contributed by atoms with Gasteiger partial charge < -0.3 is 15.0 Å². The summed E-state index contributed by atoms with van der Waals surface area (Å²) in [7, 11) is -2.09. The third-order valence-corrected chi connectivity index (χ3v) is 9.43. The summed E-state index contributed by atoms with van der Waals surface area (Å²) in [5, 5.41) is 12.1. The molecule has 3 heterocycles. The minimum atomic E-state index is -3.69. The monoisotopic (exact) mass is 517 g/mol. The number of ether oxygens (including phenoxy) is 1. The van der Waals surface area contributed by atoms with E-state index in [4.69, 9.17) is 10.00 Å². The Bertz CT molecular complexity index is 1110. The lowest BCUT2D eigenvalue weighted by Gasteiger charge is -2.41. The number of nitriles is 1. The quantitative estimate of drug-likeness (QED) is 0.560. The van der Waals surface area contributed by atoms with Crippen molar-refractivity contribution in [2.24, 2.45) is 11.8 Å².